The van der Waals surface area contributed by atoms with Crippen molar-refractivity contribution in [3.05, 3.63) is 59.7 Å². The predicted octanol–water partition coefficient (Wildman–Crippen LogP) is 1.93. The molecule has 8 nitrogen and oxygen atoms in total. The first-order valence-corrected chi connectivity index (χ1v) is 11.6. The zero-order chi connectivity index (χ0) is 23.2. The maximum absolute atomic E-state index is 13.3. The molecule has 1 atom stereocenters. The van der Waals surface area contributed by atoms with Crippen LogP contribution in [0, 0.1) is 6.92 Å². The molecule has 0 unspecified atom stereocenters. The topological polar surface area (TPSA) is 96.0 Å². The molecule has 1 N–H and O–H groups in total. The number of methoxy groups -OCH3 is 1. The first kappa shape index (κ1) is 24.2. The number of aryl methyl sites for hydroxylation is 1. The van der Waals surface area contributed by atoms with Crippen molar-refractivity contribution in [2.75, 3.05) is 31.3 Å². The van der Waals surface area contributed by atoms with Crippen molar-refractivity contribution in [1.82, 2.24) is 10.2 Å². The average Bonchev–Trinajstić information content (AvgIpc) is 2.73. The van der Waals surface area contributed by atoms with Gasteiger partial charge in [0.05, 0.1) is 19.1 Å². The molecule has 2 aromatic carbocycles. The molecule has 2 amide bonds. The largest absolute Gasteiger partial charge is 0.497 e. The summed E-state index contributed by atoms with van der Waals surface area (Å²) in [5, 5.41) is 2.54. The number of amides is 2. The molecule has 0 spiro atoms. The summed E-state index contributed by atoms with van der Waals surface area (Å²) < 4.78 is 31.2. The highest BCUT2D eigenvalue weighted by Gasteiger charge is 2.29. The van der Waals surface area contributed by atoms with Gasteiger partial charge in [0.25, 0.3) is 0 Å². The van der Waals surface area contributed by atoms with Gasteiger partial charge in [-0.25, -0.2) is 8.42 Å². The van der Waals surface area contributed by atoms with Crippen LogP contribution in [0.25, 0.3) is 0 Å². The summed E-state index contributed by atoms with van der Waals surface area (Å²) in [7, 11) is -0.702. The smallest absolute Gasteiger partial charge is 0.244 e. The number of carbonyl (C=O) groups is 2. The molecule has 2 rings (SSSR count). The minimum absolute atomic E-state index is 0.121. The molecule has 9 heteroatoms. The van der Waals surface area contributed by atoms with E-state index in [1.165, 1.54) is 11.9 Å². The van der Waals surface area contributed by atoms with Crippen molar-refractivity contribution in [2.24, 2.45) is 0 Å². The Morgan fingerprint density at radius 1 is 1.13 bits per heavy atom. The number of hydrogen-bond donors (Lipinski definition) is 1. The highest BCUT2D eigenvalue weighted by Crippen LogP contribution is 2.21. The van der Waals surface area contributed by atoms with E-state index in [2.05, 4.69) is 5.32 Å². The molecular weight excluding hydrogens is 418 g/mol. The van der Waals surface area contributed by atoms with Crippen molar-refractivity contribution in [1.29, 1.82) is 0 Å². The molecule has 0 aliphatic carbocycles. The van der Waals surface area contributed by atoms with Crippen LogP contribution >= 0.6 is 0 Å². The molecule has 0 aromatic heterocycles. The minimum Gasteiger partial charge on any atom is -0.497 e. The number of benzene rings is 2. The van der Waals surface area contributed by atoms with Gasteiger partial charge in [-0.1, -0.05) is 24.3 Å². The quantitative estimate of drug-likeness (QED) is 0.634. The van der Waals surface area contributed by atoms with Gasteiger partial charge in [-0.15, -0.1) is 0 Å². The summed E-state index contributed by atoms with van der Waals surface area (Å²) in [6.45, 7) is 3.15. The number of hydrogen-bond acceptors (Lipinski definition) is 5. The second-order valence-electron chi connectivity index (χ2n) is 7.27. The summed E-state index contributed by atoms with van der Waals surface area (Å²) in [6.07, 6.45) is 1.05. The fraction of sp³-hybridized carbons (Fsp3) is 0.364. The first-order valence-electron chi connectivity index (χ1n) is 9.75. The third kappa shape index (κ3) is 6.45. The molecule has 2 aromatic rings. The molecule has 0 bridgehead atoms. The Balaban J connectivity index is 2.39. The van der Waals surface area contributed by atoms with Gasteiger partial charge in [0, 0.05) is 13.6 Å². The van der Waals surface area contributed by atoms with E-state index in [4.69, 9.17) is 4.74 Å². The number of nitrogens with one attached hydrogen (secondary N) is 1. The lowest BCUT2D eigenvalue weighted by atomic mass is 10.1. The lowest BCUT2D eigenvalue weighted by Gasteiger charge is -2.31. The van der Waals surface area contributed by atoms with Gasteiger partial charge >= 0.3 is 0 Å². The zero-order valence-electron chi connectivity index (χ0n) is 18.5. The summed E-state index contributed by atoms with van der Waals surface area (Å²) in [4.78, 5) is 27.0. The third-order valence-electron chi connectivity index (χ3n) is 4.87. The van der Waals surface area contributed by atoms with E-state index in [0.29, 0.717) is 11.4 Å². The lowest BCUT2D eigenvalue weighted by molar-refractivity contribution is -0.139. The molecule has 0 aliphatic heterocycles. The summed E-state index contributed by atoms with van der Waals surface area (Å²) in [5.74, 6) is -0.224. The maximum Gasteiger partial charge on any atom is 0.244 e. The average molecular weight is 448 g/mol. The molecule has 0 saturated heterocycles. The van der Waals surface area contributed by atoms with Gasteiger partial charge in [0.1, 0.15) is 18.3 Å². The number of likely N-dealkylation sites (N-methyl/N-ethyl adjacent to an activating group) is 1. The van der Waals surface area contributed by atoms with E-state index in [-0.39, 0.29) is 12.5 Å². The van der Waals surface area contributed by atoms with Crippen LogP contribution in [-0.2, 0) is 26.2 Å². The molecule has 0 saturated carbocycles. The van der Waals surface area contributed by atoms with Crippen LogP contribution in [-0.4, -0.2) is 58.1 Å². The summed E-state index contributed by atoms with van der Waals surface area (Å²) in [6, 6.07) is 13.3. The van der Waals surface area contributed by atoms with E-state index in [0.717, 1.165) is 21.7 Å². The number of ether oxygens (including phenoxy) is 1. The highest BCUT2D eigenvalue weighted by molar-refractivity contribution is 7.92. The van der Waals surface area contributed by atoms with Crippen LogP contribution < -0.4 is 14.4 Å². The van der Waals surface area contributed by atoms with E-state index < -0.39 is 28.5 Å². The second-order valence-corrected chi connectivity index (χ2v) is 9.18. The zero-order valence-corrected chi connectivity index (χ0v) is 19.3. The Morgan fingerprint density at radius 3 is 2.39 bits per heavy atom. The van der Waals surface area contributed by atoms with Crippen LogP contribution in [0.2, 0.25) is 0 Å². The Morgan fingerprint density at radius 2 is 1.81 bits per heavy atom. The minimum atomic E-state index is -3.73. The standard InChI is InChI=1S/C22H29N3O5S/c1-16-8-6-10-19(12-16)25(31(5,28)29)15-21(26)24(17(2)22(27)23-3)14-18-9-7-11-20(13-18)30-4/h6-13,17H,14-15H2,1-5H3,(H,23,27)/t17-/m1/s1. The lowest BCUT2D eigenvalue weighted by Crippen LogP contribution is -2.50. The van der Waals surface area contributed by atoms with Crippen molar-refractivity contribution in [2.45, 2.75) is 26.4 Å². The van der Waals surface area contributed by atoms with E-state index >= 15 is 0 Å². The molecule has 168 valence electrons. The SMILES string of the molecule is CNC(=O)[C@@H](C)N(Cc1cccc(OC)c1)C(=O)CN(c1cccc(C)c1)S(C)(=O)=O. The van der Waals surface area contributed by atoms with Gasteiger partial charge in [-0.05, 0) is 49.2 Å². The maximum atomic E-state index is 13.3. The van der Waals surface area contributed by atoms with Gasteiger partial charge < -0.3 is 15.0 Å². The van der Waals surface area contributed by atoms with E-state index in [1.54, 1.807) is 50.4 Å². The normalized spacial score (nSPS) is 12.0. The number of rotatable bonds is 9. The first-order chi connectivity index (χ1) is 14.6. The van der Waals surface area contributed by atoms with Gasteiger partial charge in [0.2, 0.25) is 21.8 Å². The highest BCUT2D eigenvalue weighted by atomic mass is 32.2. The Kier molecular flexibility index (Phi) is 8.04. The van der Waals surface area contributed by atoms with Crippen LogP contribution in [0.15, 0.2) is 48.5 Å². The van der Waals surface area contributed by atoms with Gasteiger partial charge in [0.15, 0.2) is 0 Å². The molecule has 31 heavy (non-hydrogen) atoms. The summed E-state index contributed by atoms with van der Waals surface area (Å²) in [5.41, 5.74) is 2.01. The van der Waals surface area contributed by atoms with Crippen LogP contribution in [0.5, 0.6) is 5.75 Å². The molecule has 0 radical (unpaired) electrons. The van der Waals surface area contributed by atoms with Crippen molar-refractivity contribution >= 4 is 27.5 Å². The third-order valence-corrected chi connectivity index (χ3v) is 6.01. The van der Waals surface area contributed by atoms with Crippen LogP contribution in [0.3, 0.4) is 0 Å². The fourth-order valence-corrected chi connectivity index (χ4v) is 4.00. The molecule has 0 aliphatic rings. The van der Waals surface area contributed by atoms with Crippen molar-refractivity contribution < 1.29 is 22.7 Å². The predicted molar refractivity (Wildman–Crippen MR) is 120 cm³/mol. The Labute approximate surface area is 183 Å². The van der Waals surface area contributed by atoms with Crippen LogP contribution in [0.1, 0.15) is 18.1 Å². The van der Waals surface area contributed by atoms with Gasteiger partial charge in [-0.2, -0.15) is 0 Å². The Hall–Kier alpha value is -3.07. The molecule has 0 fully saturated rings. The number of sulfonamides is 1. The number of anilines is 1. The Bertz CT molecular complexity index is 1040. The molecule has 0 heterocycles. The summed E-state index contributed by atoms with van der Waals surface area (Å²) >= 11 is 0. The number of nitrogens with zero attached hydrogens (tertiary/aromatic N) is 2. The number of carbonyl (C=O) groups excluding carboxylic acids is 2. The van der Waals surface area contributed by atoms with Gasteiger partial charge in [-0.3, -0.25) is 13.9 Å². The monoisotopic (exact) mass is 447 g/mol. The van der Waals surface area contributed by atoms with E-state index in [1.807, 2.05) is 19.1 Å². The van der Waals surface area contributed by atoms with Crippen LogP contribution in [0.4, 0.5) is 5.69 Å². The van der Waals surface area contributed by atoms with Crippen molar-refractivity contribution in [3.8, 4) is 5.75 Å². The van der Waals surface area contributed by atoms with Crippen molar-refractivity contribution in [3.63, 3.8) is 0 Å². The second kappa shape index (κ2) is 10.3. The fourth-order valence-electron chi connectivity index (χ4n) is 3.16. The van der Waals surface area contributed by atoms with E-state index in [9.17, 15) is 18.0 Å². The molecular formula is C22H29N3O5S.